The normalized spacial score (nSPS) is 14.3. The van der Waals surface area contributed by atoms with Crippen LogP contribution in [0.4, 0.5) is 0 Å². The predicted octanol–water partition coefficient (Wildman–Crippen LogP) is 2.55. The fraction of sp³-hybridized carbons (Fsp3) is 0.462. The van der Waals surface area contributed by atoms with Crippen LogP contribution in [0.5, 0.6) is 0 Å². The number of aryl methyl sites for hydroxylation is 1. The first kappa shape index (κ1) is 11.7. The number of nitrogens with zero attached hydrogens (tertiary/aromatic N) is 1. The highest BCUT2D eigenvalue weighted by molar-refractivity contribution is 5.34. The van der Waals surface area contributed by atoms with Gasteiger partial charge in [0.1, 0.15) is 0 Å². The molecule has 1 aromatic rings. The van der Waals surface area contributed by atoms with Crippen LogP contribution in [0.25, 0.3) is 0 Å². The van der Waals surface area contributed by atoms with E-state index >= 15 is 0 Å². The minimum Gasteiger partial charge on any atom is -0.396 e. The van der Waals surface area contributed by atoms with E-state index in [-0.39, 0.29) is 6.61 Å². The fourth-order valence-electron chi connectivity index (χ4n) is 1.79. The third-order valence-corrected chi connectivity index (χ3v) is 2.96. The summed E-state index contributed by atoms with van der Waals surface area (Å²) in [6.45, 7) is 4.06. The van der Waals surface area contributed by atoms with Gasteiger partial charge in [-0.15, -0.1) is 0 Å². The molecule has 15 heavy (non-hydrogen) atoms. The molecule has 0 aliphatic heterocycles. The van der Waals surface area contributed by atoms with Gasteiger partial charge in [-0.1, -0.05) is 36.8 Å². The maximum Gasteiger partial charge on any atom is 0.0841 e. The summed E-state index contributed by atoms with van der Waals surface area (Å²) in [5.74, 6) is 0. The first-order valence-corrected chi connectivity index (χ1v) is 5.28. The van der Waals surface area contributed by atoms with Crippen molar-refractivity contribution >= 4 is 0 Å². The van der Waals surface area contributed by atoms with Gasteiger partial charge < -0.3 is 5.11 Å². The molecule has 80 valence electrons. The maximum absolute atomic E-state index is 9.27. The van der Waals surface area contributed by atoms with Gasteiger partial charge in [-0.25, -0.2) is 0 Å². The summed E-state index contributed by atoms with van der Waals surface area (Å²) in [5.41, 5.74) is 1.67. The summed E-state index contributed by atoms with van der Waals surface area (Å²) in [6.07, 6.45) is 1.23. The van der Waals surface area contributed by atoms with E-state index in [0.29, 0.717) is 6.42 Å². The van der Waals surface area contributed by atoms with Crippen molar-refractivity contribution in [1.29, 1.82) is 5.26 Å². The van der Waals surface area contributed by atoms with Crippen molar-refractivity contribution in [2.45, 2.75) is 32.1 Å². The monoisotopic (exact) mass is 203 g/mol. The van der Waals surface area contributed by atoms with Crippen molar-refractivity contribution < 1.29 is 5.11 Å². The average molecular weight is 203 g/mol. The van der Waals surface area contributed by atoms with E-state index in [9.17, 15) is 5.26 Å². The van der Waals surface area contributed by atoms with Crippen LogP contribution in [0, 0.1) is 18.3 Å². The smallest absolute Gasteiger partial charge is 0.0841 e. The zero-order valence-electron chi connectivity index (χ0n) is 9.33. The Bertz CT molecular complexity index is 350. The van der Waals surface area contributed by atoms with Crippen molar-refractivity contribution in [1.82, 2.24) is 0 Å². The van der Waals surface area contributed by atoms with Crippen molar-refractivity contribution in [2.24, 2.45) is 0 Å². The van der Waals surface area contributed by atoms with Crippen LogP contribution < -0.4 is 0 Å². The topological polar surface area (TPSA) is 44.0 Å². The third kappa shape index (κ3) is 2.37. The number of hydrogen-bond donors (Lipinski definition) is 1. The fourth-order valence-corrected chi connectivity index (χ4v) is 1.79. The molecule has 2 nitrogen and oxygen atoms in total. The highest BCUT2D eigenvalue weighted by Gasteiger charge is 2.29. The molecule has 0 radical (unpaired) electrons. The summed E-state index contributed by atoms with van der Waals surface area (Å²) in [5, 5.41) is 18.3. The maximum atomic E-state index is 9.27. The number of rotatable bonds is 4. The summed E-state index contributed by atoms with van der Waals surface area (Å²) in [6, 6.07) is 10.3. The zero-order valence-corrected chi connectivity index (χ0v) is 9.33. The van der Waals surface area contributed by atoms with Gasteiger partial charge in [-0.05, 0) is 25.3 Å². The Hall–Kier alpha value is -1.33. The van der Waals surface area contributed by atoms with Crippen LogP contribution in [0.3, 0.4) is 0 Å². The van der Waals surface area contributed by atoms with E-state index in [2.05, 4.69) is 6.07 Å². The summed E-state index contributed by atoms with van der Waals surface area (Å²) < 4.78 is 0. The van der Waals surface area contributed by atoms with Crippen molar-refractivity contribution in [3.63, 3.8) is 0 Å². The summed E-state index contributed by atoms with van der Waals surface area (Å²) in [7, 11) is 0. The van der Waals surface area contributed by atoms with E-state index in [4.69, 9.17) is 5.11 Å². The standard InChI is InChI=1S/C13H17NO/c1-3-13(10-14,8-9-15)12-6-4-11(2)5-7-12/h4-7,15H,3,8-9H2,1-2H3/t13-/m1/s1. The number of benzene rings is 1. The number of nitriles is 1. The number of hydrogen-bond acceptors (Lipinski definition) is 2. The number of aliphatic hydroxyl groups is 1. The molecule has 2 heteroatoms. The van der Waals surface area contributed by atoms with Crippen molar-refractivity contribution in [3.8, 4) is 6.07 Å². The van der Waals surface area contributed by atoms with Crippen LogP contribution in [0.15, 0.2) is 24.3 Å². The second-order valence-corrected chi connectivity index (χ2v) is 3.89. The highest BCUT2D eigenvalue weighted by atomic mass is 16.3. The van der Waals surface area contributed by atoms with E-state index in [1.165, 1.54) is 5.56 Å². The second kappa shape index (κ2) is 4.95. The minimum absolute atomic E-state index is 0.0509. The van der Waals surface area contributed by atoms with Gasteiger partial charge in [0.25, 0.3) is 0 Å². The van der Waals surface area contributed by atoms with Gasteiger partial charge in [0.05, 0.1) is 11.5 Å². The van der Waals surface area contributed by atoms with Gasteiger partial charge in [0, 0.05) is 6.61 Å². The lowest BCUT2D eigenvalue weighted by atomic mass is 9.77. The quantitative estimate of drug-likeness (QED) is 0.817. The van der Waals surface area contributed by atoms with E-state index in [1.54, 1.807) is 0 Å². The minimum atomic E-state index is -0.525. The molecule has 1 rings (SSSR count). The molecule has 0 spiro atoms. The van der Waals surface area contributed by atoms with E-state index in [1.807, 2.05) is 38.1 Å². The first-order chi connectivity index (χ1) is 7.18. The molecule has 0 saturated carbocycles. The van der Waals surface area contributed by atoms with Crippen LogP contribution >= 0.6 is 0 Å². The van der Waals surface area contributed by atoms with Crippen molar-refractivity contribution in [3.05, 3.63) is 35.4 Å². The molecule has 0 heterocycles. The van der Waals surface area contributed by atoms with Gasteiger partial charge in [-0.3, -0.25) is 0 Å². The Morgan fingerprint density at radius 3 is 2.33 bits per heavy atom. The zero-order chi connectivity index (χ0) is 11.3. The van der Waals surface area contributed by atoms with E-state index < -0.39 is 5.41 Å². The lowest BCUT2D eigenvalue weighted by Crippen LogP contribution is -2.24. The molecule has 1 aromatic carbocycles. The Morgan fingerprint density at radius 2 is 1.93 bits per heavy atom. The SMILES string of the molecule is CC[C@](C#N)(CCO)c1ccc(C)cc1. The highest BCUT2D eigenvalue weighted by Crippen LogP contribution is 2.30. The number of aliphatic hydroxyl groups excluding tert-OH is 1. The first-order valence-electron chi connectivity index (χ1n) is 5.28. The third-order valence-electron chi connectivity index (χ3n) is 2.96. The average Bonchev–Trinajstić information content (AvgIpc) is 2.27. The summed E-state index contributed by atoms with van der Waals surface area (Å²) >= 11 is 0. The molecule has 1 atom stereocenters. The van der Waals surface area contributed by atoms with Gasteiger partial charge in [0.2, 0.25) is 0 Å². The molecule has 0 unspecified atom stereocenters. The lowest BCUT2D eigenvalue weighted by molar-refractivity contribution is 0.256. The Balaban J connectivity index is 3.09. The largest absolute Gasteiger partial charge is 0.396 e. The molecule has 0 fully saturated rings. The molecule has 0 amide bonds. The van der Waals surface area contributed by atoms with Crippen LogP contribution in [0.2, 0.25) is 0 Å². The molecule has 0 aromatic heterocycles. The van der Waals surface area contributed by atoms with Gasteiger partial charge in [0.15, 0.2) is 0 Å². The second-order valence-electron chi connectivity index (χ2n) is 3.89. The molecular formula is C13H17NO. The lowest BCUT2D eigenvalue weighted by Gasteiger charge is -2.24. The van der Waals surface area contributed by atoms with Crippen molar-refractivity contribution in [2.75, 3.05) is 6.61 Å². The van der Waals surface area contributed by atoms with Gasteiger partial charge >= 0.3 is 0 Å². The Kier molecular flexibility index (Phi) is 3.88. The molecule has 0 aliphatic rings. The van der Waals surface area contributed by atoms with Crippen LogP contribution in [-0.4, -0.2) is 11.7 Å². The molecule has 1 N–H and O–H groups in total. The Morgan fingerprint density at radius 1 is 1.33 bits per heavy atom. The Labute approximate surface area is 91.2 Å². The van der Waals surface area contributed by atoms with Crippen LogP contribution in [0.1, 0.15) is 30.9 Å². The predicted molar refractivity (Wildman–Crippen MR) is 60.5 cm³/mol. The molecule has 0 aliphatic carbocycles. The van der Waals surface area contributed by atoms with Gasteiger partial charge in [-0.2, -0.15) is 5.26 Å². The van der Waals surface area contributed by atoms with Crippen LogP contribution in [-0.2, 0) is 5.41 Å². The van der Waals surface area contributed by atoms with E-state index in [0.717, 1.165) is 12.0 Å². The molecular weight excluding hydrogens is 186 g/mol. The summed E-state index contributed by atoms with van der Waals surface area (Å²) in [4.78, 5) is 0. The molecule has 0 saturated heterocycles. The molecule has 0 bridgehead atoms.